The highest BCUT2D eigenvalue weighted by Gasteiger charge is 2.22. The van der Waals surface area contributed by atoms with E-state index in [1.165, 1.54) is 20.2 Å². The van der Waals surface area contributed by atoms with E-state index in [1.807, 2.05) is 66.1 Å². The molecule has 50 heavy (non-hydrogen) atoms. The number of rotatable bonds is 5. The number of nitrogens with zero attached hydrogens (tertiary/aromatic N) is 3. The summed E-state index contributed by atoms with van der Waals surface area (Å²) in [6.07, 6.45) is 1.82. The molecule has 0 bridgehead atoms. The zero-order valence-corrected chi connectivity index (χ0v) is 27.6. The molecule has 0 unspecified atom stereocenters. The normalized spacial score (nSPS) is 11.6. The Labute approximate surface area is 292 Å². The molecule has 4 nitrogen and oxygen atoms in total. The lowest BCUT2D eigenvalue weighted by Gasteiger charge is -2.12. The maximum atomic E-state index is 6.77. The minimum Gasteiger partial charge on any atom is -0.455 e. The number of aromatic nitrogens is 3. The van der Waals surface area contributed by atoms with E-state index in [2.05, 4.69) is 114 Å². The summed E-state index contributed by atoms with van der Waals surface area (Å²) >= 11 is 1.82. The van der Waals surface area contributed by atoms with Gasteiger partial charge in [0.15, 0.2) is 5.82 Å². The molecule has 0 spiro atoms. The van der Waals surface area contributed by atoms with Crippen LogP contribution in [0.25, 0.3) is 98.4 Å². The second-order valence-corrected chi connectivity index (χ2v) is 13.4. The predicted octanol–water partition coefficient (Wildman–Crippen LogP) is 12.5. The van der Waals surface area contributed by atoms with Crippen LogP contribution in [0.3, 0.4) is 0 Å². The van der Waals surface area contributed by atoms with Crippen molar-refractivity contribution in [1.29, 1.82) is 0 Å². The van der Waals surface area contributed by atoms with Gasteiger partial charge in [0.05, 0.1) is 17.1 Å². The number of furan rings is 1. The van der Waals surface area contributed by atoms with Crippen LogP contribution in [0.15, 0.2) is 168 Å². The van der Waals surface area contributed by atoms with Gasteiger partial charge in [0.2, 0.25) is 0 Å². The summed E-state index contributed by atoms with van der Waals surface area (Å²) in [6.45, 7) is 0. The molecule has 234 valence electrons. The number of para-hydroxylation sites is 1. The molecule has 0 N–H and O–H groups in total. The van der Waals surface area contributed by atoms with Gasteiger partial charge in [-0.15, -0.1) is 11.3 Å². The second-order valence-electron chi connectivity index (χ2n) is 12.4. The standard InChI is InChI=1S/C45H27N3OS/c1-2-12-28(13-3-1)37-27-38(30-15-10-14-29(26-30)36-19-8-9-25-46-36)48-45(47-37)35-24-23-32(44-43(35)33-16-4-6-20-39(33)49-44)31-18-11-22-41-42(31)34-17-5-7-21-40(34)50-41/h1-27H. The van der Waals surface area contributed by atoms with E-state index >= 15 is 0 Å². The van der Waals surface area contributed by atoms with Crippen LogP contribution < -0.4 is 0 Å². The number of hydrogen-bond donors (Lipinski definition) is 0. The summed E-state index contributed by atoms with van der Waals surface area (Å²) in [7, 11) is 0. The number of benzene rings is 6. The van der Waals surface area contributed by atoms with Crippen molar-refractivity contribution in [2.75, 3.05) is 0 Å². The monoisotopic (exact) mass is 657 g/mol. The van der Waals surface area contributed by atoms with Gasteiger partial charge in [-0.2, -0.15) is 0 Å². The smallest absolute Gasteiger partial charge is 0.161 e. The molecule has 0 radical (unpaired) electrons. The molecule has 0 aliphatic carbocycles. The van der Waals surface area contributed by atoms with Crippen LogP contribution >= 0.6 is 11.3 Å². The average molecular weight is 658 g/mol. The van der Waals surface area contributed by atoms with Gasteiger partial charge in [0.1, 0.15) is 11.2 Å². The van der Waals surface area contributed by atoms with E-state index in [1.54, 1.807) is 0 Å². The quantitative estimate of drug-likeness (QED) is 0.185. The molecule has 0 aliphatic rings. The van der Waals surface area contributed by atoms with E-state index in [0.717, 1.165) is 72.4 Å². The van der Waals surface area contributed by atoms with Crippen LogP contribution in [-0.4, -0.2) is 15.0 Å². The van der Waals surface area contributed by atoms with E-state index in [0.29, 0.717) is 5.82 Å². The first-order valence-electron chi connectivity index (χ1n) is 16.6. The number of thiophene rings is 1. The van der Waals surface area contributed by atoms with Gasteiger partial charge in [-0.05, 0) is 60.2 Å². The zero-order valence-electron chi connectivity index (χ0n) is 26.7. The molecule has 5 heteroatoms. The largest absolute Gasteiger partial charge is 0.455 e. The number of hydrogen-bond acceptors (Lipinski definition) is 5. The van der Waals surface area contributed by atoms with Crippen molar-refractivity contribution < 1.29 is 4.42 Å². The molecule has 0 amide bonds. The Bertz CT molecular complexity index is 2870. The highest BCUT2D eigenvalue weighted by atomic mass is 32.1. The highest BCUT2D eigenvalue weighted by Crippen LogP contribution is 2.46. The fourth-order valence-electron chi connectivity index (χ4n) is 7.07. The van der Waals surface area contributed by atoms with Crippen molar-refractivity contribution in [2.24, 2.45) is 0 Å². The summed E-state index contributed by atoms with van der Waals surface area (Å²) in [5, 5.41) is 4.55. The number of pyridine rings is 1. The van der Waals surface area contributed by atoms with Crippen molar-refractivity contribution in [1.82, 2.24) is 15.0 Å². The van der Waals surface area contributed by atoms with E-state index in [-0.39, 0.29) is 0 Å². The molecular formula is C45H27N3OS. The van der Waals surface area contributed by atoms with Crippen LogP contribution in [0.4, 0.5) is 0 Å². The number of fused-ring (bicyclic) bond motifs is 6. The van der Waals surface area contributed by atoms with Crippen molar-refractivity contribution in [2.45, 2.75) is 0 Å². The highest BCUT2D eigenvalue weighted by molar-refractivity contribution is 7.25. The van der Waals surface area contributed by atoms with Gasteiger partial charge in [0, 0.05) is 65.0 Å². The third-order valence-corrected chi connectivity index (χ3v) is 10.5. The fourth-order valence-corrected chi connectivity index (χ4v) is 8.20. The predicted molar refractivity (Wildman–Crippen MR) is 207 cm³/mol. The van der Waals surface area contributed by atoms with Crippen molar-refractivity contribution in [3.63, 3.8) is 0 Å². The molecule has 10 aromatic rings. The second kappa shape index (κ2) is 11.6. The van der Waals surface area contributed by atoms with Crippen LogP contribution in [0.5, 0.6) is 0 Å². The Morgan fingerprint density at radius 1 is 0.440 bits per heavy atom. The topological polar surface area (TPSA) is 51.8 Å². The van der Waals surface area contributed by atoms with Crippen molar-refractivity contribution >= 4 is 53.4 Å². The molecule has 0 fully saturated rings. The molecular weight excluding hydrogens is 631 g/mol. The summed E-state index contributed by atoms with van der Waals surface area (Å²) in [6, 6.07) is 54.6. The molecule has 10 rings (SSSR count). The van der Waals surface area contributed by atoms with Crippen LogP contribution in [0, 0.1) is 0 Å². The van der Waals surface area contributed by atoms with E-state index in [9.17, 15) is 0 Å². The first kappa shape index (κ1) is 28.6. The molecule has 0 atom stereocenters. The van der Waals surface area contributed by atoms with Gasteiger partial charge >= 0.3 is 0 Å². The van der Waals surface area contributed by atoms with Crippen LogP contribution in [-0.2, 0) is 0 Å². The minimum absolute atomic E-state index is 0.645. The maximum Gasteiger partial charge on any atom is 0.161 e. The summed E-state index contributed by atoms with van der Waals surface area (Å²) < 4.78 is 9.31. The lowest BCUT2D eigenvalue weighted by Crippen LogP contribution is -1.97. The third-order valence-electron chi connectivity index (χ3n) is 9.37. The minimum atomic E-state index is 0.645. The summed E-state index contributed by atoms with van der Waals surface area (Å²) in [5.74, 6) is 0.645. The lowest BCUT2D eigenvalue weighted by molar-refractivity contribution is 0.670. The van der Waals surface area contributed by atoms with E-state index < -0.39 is 0 Å². The average Bonchev–Trinajstić information content (AvgIpc) is 3.77. The van der Waals surface area contributed by atoms with Gasteiger partial charge in [-0.1, -0.05) is 103 Å². The Balaban J connectivity index is 1.23. The van der Waals surface area contributed by atoms with Crippen LogP contribution in [0.1, 0.15) is 0 Å². The summed E-state index contributed by atoms with van der Waals surface area (Å²) in [5.41, 5.74) is 10.5. The summed E-state index contributed by atoms with van der Waals surface area (Å²) in [4.78, 5) is 15.1. The Morgan fingerprint density at radius 3 is 1.98 bits per heavy atom. The molecule has 4 heterocycles. The SMILES string of the molecule is c1ccc(-c2cc(-c3cccc(-c4ccccn4)c3)nc(-c3ccc(-c4cccc5sc6ccccc6c45)c4oc5ccccc5c34)n2)cc1. The molecule has 0 saturated heterocycles. The fraction of sp³-hybridized carbons (Fsp3) is 0. The molecule has 0 saturated carbocycles. The van der Waals surface area contributed by atoms with Gasteiger partial charge in [-0.3, -0.25) is 4.98 Å². The molecule has 4 aromatic heterocycles. The lowest BCUT2D eigenvalue weighted by atomic mass is 9.95. The van der Waals surface area contributed by atoms with Crippen molar-refractivity contribution in [3.05, 3.63) is 164 Å². The first-order chi connectivity index (χ1) is 24.8. The Kier molecular flexibility index (Phi) is 6.64. The first-order valence-corrected chi connectivity index (χ1v) is 17.4. The Morgan fingerprint density at radius 2 is 1.12 bits per heavy atom. The van der Waals surface area contributed by atoms with Gasteiger partial charge < -0.3 is 4.42 Å². The zero-order chi connectivity index (χ0) is 33.0. The van der Waals surface area contributed by atoms with Crippen LogP contribution in [0.2, 0.25) is 0 Å². The Hall–Kier alpha value is -6.43. The van der Waals surface area contributed by atoms with Gasteiger partial charge in [0.25, 0.3) is 0 Å². The van der Waals surface area contributed by atoms with Crippen molar-refractivity contribution in [3.8, 4) is 56.3 Å². The van der Waals surface area contributed by atoms with E-state index in [4.69, 9.17) is 14.4 Å². The van der Waals surface area contributed by atoms with Gasteiger partial charge in [-0.25, -0.2) is 9.97 Å². The maximum absolute atomic E-state index is 6.77. The molecule has 0 aliphatic heterocycles. The third kappa shape index (κ3) is 4.71. The molecule has 6 aromatic carbocycles.